The number of benzene rings is 1. The first-order valence-corrected chi connectivity index (χ1v) is 7.20. The van der Waals surface area contributed by atoms with E-state index in [4.69, 9.17) is 0 Å². The fourth-order valence-electron chi connectivity index (χ4n) is 1.77. The van der Waals surface area contributed by atoms with E-state index in [2.05, 4.69) is 17.9 Å². The normalized spacial score (nSPS) is 12.2. The maximum atomic E-state index is 12.8. The number of amides is 1. The highest BCUT2D eigenvalue weighted by Crippen LogP contribution is 2.17. The molecule has 0 fully saturated rings. The second-order valence-corrected chi connectivity index (χ2v) is 5.80. The maximum absolute atomic E-state index is 12.8. The molecular formula is C14H14FNOS2. The molecule has 1 atom stereocenters. The molecule has 0 aliphatic rings. The summed E-state index contributed by atoms with van der Waals surface area (Å²) >= 11 is 5.54. The molecular weight excluding hydrogens is 281 g/mol. The SMILES string of the molecule is CC(Cc1ccc(F)cc1)NC(=O)c1cc(S)cs1. The van der Waals surface area contributed by atoms with Crippen LogP contribution in [0.2, 0.25) is 0 Å². The van der Waals surface area contributed by atoms with E-state index in [0.717, 1.165) is 10.5 Å². The largest absolute Gasteiger partial charge is 0.349 e. The van der Waals surface area contributed by atoms with Crippen molar-refractivity contribution in [2.45, 2.75) is 24.3 Å². The molecule has 0 aliphatic heterocycles. The Bertz CT molecular complexity index is 565. The second-order valence-electron chi connectivity index (χ2n) is 4.37. The summed E-state index contributed by atoms with van der Waals surface area (Å²) in [6, 6.07) is 8.05. The number of thiophene rings is 1. The van der Waals surface area contributed by atoms with Crippen LogP contribution in [0.1, 0.15) is 22.2 Å². The molecule has 0 spiro atoms. The lowest BCUT2D eigenvalue weighted by Crippen LogP contribution is -2.33. The van der Waals surface area contributed by atoms with Gasteiger partial charge in [0.1, 0.15) is 5.82 Å². The third kappa shape index (κ3) is 4.08. The lowest BCUT2D eigenvalue weighted by molar-refractivity contribution is 0.0944. The minimum atomic E-state index is -0.250. The minimum Gasteiger partial charge on any atom is -0.349 e. The Morgan fingerprint density at radius 1 is 1.42 bits per heavy atom. The average Bonchev–Trinajstić information content (AvgIpc) is 2.79. The van der Waals surface area contributed by atoms with Crippen molar-refractivity contribution in [1.82, 2.24) is 5.32 Å². The molecule has 100 valence electrons. The van der Waals surface area contributed by atoms with Crippen LogP contribution in [0.5, 0.6) is 0 Å². The van der Waals surface area contributed by atoms with Crippen LogP contribution < -0.4 is 5.32 Å². The average molecular weight is 295 g/mol. The fraction of sp³-hybridized carbons (Fsp3) is 0.214. The molecule has 0 radical (unpaired) electrons. The van der Waals surface area contributed by atoms with E-state index in [1.807, 2.05) is 12.3 Å². The zero-order valence-electron chi connectivity index (χ0n) is 10.4. The molecule has 5 heteroatoms. The monoisotopic (exact) mass is 295 g/mol. The molecule has 0 saturated heterocycles. The van der Waals surface area contributed by atoms with Crippen molar-refractivity contribution in [1.29, 1.82) is 0 Å². The molecule has 0 bridgehead atoms. The predicted molar refractivity (Wildman–Crippen MR) is 78.6 cm³/mol. The van der Waals surface area contributed by atoms with Crippen molar-refractivity contribution in [3.8, 4) is 0 Å². The van der Waals surface area contributed by atoms with Gasteiger partial charge in [0.05, 0.1) is 4.88 Å². The van der Waals surface area contributed by atoms with Crippen LogP contribution in [0.25, 0.3) is 0 Å². The summed E-state index contributed by atoms with van der Waals surface area (Å²) < 4.78 is 12.8. The van der Waals surface area contributed by atoms with Gasteiger partial charge in [-0.05, 0) is 37.1 Å². The first-order chi connectivity index (χ1) is 9.04. The Labute approximate surface area is 121 Å². The predicted octanol–water partition coefficient (Wildman–Crippen LogP) is 3.54. The van der Waals surface area contributed by atoms with Crippen molar-refractivity contribution in [2.24, 2.45) is 0 Å². The van der Waals surface area contributed by atoms with Gasteiger partial charge in [-0.2, -0.15) is 0 Å². The van der Waals surface area contributed by atoms with E-state index in [9.17, 15) is 9.18 Å². The van der Waals surface area contributed by atoms with E-state index in [1.165, 1.54) is 23.5 Å². The summed E-state index contributed by atoms with van der Waals surface area (Å²) in [5, 5.41) is 4.74. The van der Waals surface area contributed by atoms with Crippen molar-refractivity contribution >= 4 is 29.9 Å². The standard InChI is InChI=1S/C14H14FNOS2/c1-9(6-10-2-4-11(15)5-3-10)16-14(17)13-7-12(18)8-19-13/h2-5,7-9,18H,6H2,1H3,(H,16,17). The van der Waals surface area contributed by atoms with E-state index < -0.39 is 0 Å². The number of nitrogens with one attached hydrogen (secondary N) is 1. The Kier molecular flexibility index (Phi) is 4.61. The van der Waals surface area contributed by atoms with Crippen LogP contribution >= 0.6 is 24.0 Å². The fourth-order valence-corrected chi connectivity index (χ4v) is 2.82. The highest BCUT2D eigenvalue weighted by atomic mass is 32.1. The van der Waals surface area contributed by atoms with E-state index in [1.54, 1.807) is 18.2 Å². The van der Waals surface area contributed by atoms with Crippen LogP contribution in [-0.2, 0) is 6.42 Å². The molecule has 2 aromatic rings. The van der Waals surface area contributed by atoms with Crippen molar-refractivity contribution in [3.63, 3.8) is 0 Å². The lowest BCUT2D eigenvalue weighted by Gasteiger charge is -2.13. The number of thiol groups is 1. The zero-order chi connectivity index (χ0) is 13.8. The van der Waals surface area contributed by atoms with E-state index >= 15 is 0 Å². The summed E-state index contributed by atoms with van der Waals surface area (Å²) in [4.78, 5) is 13.4. The lowest BCUT2D eigenvalue weighted by atomic mass is 10.1. The first-order valence-electron chi connectivity index (χ1n) is 5.87. The molecule has 1 unspecified atom stereocenters. The second kappa shape index (κ2) is 6.21. The van der Waals surface area contributed by atoms with Gasteiger partial charge in [-0.15, -0.1) is 24.0 Å². The Balaban J connectivity index is 1.92. The van der Waals surface area contributed by atoms with Crippen molar-refractivity contribution in [2.75, 3.05) is 0 Å². The summed E-state index contributed by atoms with van der Waals surface area (Å²) in [5.74, 6) is -0.347. The Morgan fingerprint density at radius 2 is 2.11 bits per heavy atom. The quantitative estimate of drug-likeness (QED) is 0.830. The molecule has 2 rings (SSSR count). The first kappa shape index (κ1) is 14.1. The topological polar surface area (TPSA) is 29.1 Å². The van der Waals surface area contributed by atoms with Gasteiger partial charge in [0.15, 0.2) is 0 Å². The molecule has 1 heterocycles. The van der Waals surface area contributed by atoms with E-state index in [-0.39, 0.29) is 17.8 Å². The molecule has 0 saturated carbocycles. The van der Waals surface area contributed by atoms with Crippen LogP contribution in [0, 0.1) is 5.82 Å². The van der Waals surface area contributed by atoms with Crippen molar-refractivity contribution < 1.29 is 9.18 Å². The smallest absolute Gasteiger partial charge is 0.261 e. The van der Waals surface area contributed by atoms with Crippen LogP contribution in [0.15, 0.2) is 40.6 Å². The molecule has 1 aromatic heterocycles. The highest BCUT2D eigenvalue weighted by molar-refractivity contribution is 7.80. The summed E-state index contributed by atoms with van der Waals surface area (Å²) in [6.07, 6.45) is 0.672. The number of rotatable bonds is 4. The molecule has 1 N–H and O–H groups in total. The van der Waals surface area contributed by atoms with Gasteiger partial charge >= 0.3 is 0 Å². The minimum absolute atomic E-state index is 0.0107. The van der Waals surface area contributed by atoms with Crippen LogP contribution in [-0.4, -0.2) is 11.9 Å². The Hall–Kier alpha value is -1.33. The molecule has 19 heavy (non-hydrogen) atoms. The van der Waals surface area contributed by atoms with Gasteiger partial charge in [-0.1, -0.05) is 12.1 Å². The maximum Gasteiger partial charge on any atom is 0.261 e. The van der Waals surface area contributed by atoms with Gasteiger partial charge in [-0.25, -0.2) is 4.39 Å². The molecule has 1 amide bonds. The van der Waals surface area contributed by atoms with Crippen LogP contribution in [0.4, 0.5) is 4.39 Å². The molecule has 2 nitrogen and oxygen atoms in total. The highest BCUT2D eigenvalue weighted by Gasteiger charge is 2.12. The number of hydrogen-bond donors (Lipinski definition) is 2. The van der Waals surface area contributed by atoms with Gasteiger partial charge < -0.3 is 5.32 Å². The van der Waals surface area contributed by atoms with Gasteiger partial charge in [0, 0.05) is 16.3 Å². The third-order valence-corrected chi connectivity index (χ3v) is 4.00. The third-order valence-electron chi connectivity index (χ3n) is 2.64. The van der Waals surface area contributed by atoms with Gasteiger partial charge in [0.25, 0.3) is 5.91 Å². The number of halogens is 1. The van der Waals surface area contributed by atoms with Gasteiger partial charge in [0.2, 0.25) is 0 Å². The summed E-state index contributed by atoms with van der Waals surface area (Å²) in [5.41, 5.74) is 0.996. The molecule has 1 aromatic carbocycles. The Morgan fingerprint density at radius 3 is 2.68 bits per heavy atom. The number of carbonyl (C=O) groups excluding carboxylic acids is 1. The zero-order valence-corrected chi connectivity index (χ0v) is 12.1. The number of hydrogen-bond acceptors (Lipinski definition) is 3. The summed E-state index contributed by atoms with van der Waals surface area (Å²) in [7, 11) is 0. The summed E-state index contributed by atoms with van der Waals surface area (Å²) in [6.45, 7) is 1.93. The number of carbonyl (C=O) groups is 1. The van der Waals surface area contributed by atoms with Crippen molar-refractivity contribution in [3.05, 3.63) is 52.0 Å². The molecule has 0 aliphatic carbocycles. The van der Waals surface area contributed by atoms with E-state index in [0.29, 0.717) is 11.3 Å². The van der Waals surface area contributed by atoms with Crippen LogP contribution in [0.3, 0.4) is 0 Å². The van der Waals surface area contributed by atoms with Gasteiger partial charge in [-0.3, -0.25) is 4.79 Å².